The molecular formula is C31H37N3O6S. The number of amides is 1. The van der Waals surface area contributed by atoms with E-state index in [1.54, 1.807) is 24.4 Å². The summed E-state index contributed by atoms with van der Waals surface area (Å²) in [6, 6.07) is 17.5. The van der Waals surface area contributed by atoms with Crippen molar-refractivity contribution in [2.45, 2.75) is 44.9 Å². The molecule has 41 heavy (non-hydrogen) atoms. The lowest BCUT2D eigenvalue weighted by atomic mass is 9.99. The summed E-state index contributed by atoms with van der Waals surface area (Å²) in [5.74, 6) is -2.71. The van der Waals surface area contributed by atoms with Crippen LogP contribution in [0.15, 0.2) is 66.9 Å². The van der Waals surface area contributed by atoms with Crippen molar-refractivity contribution >= 4 is 27.5 Å². The Kier molecular flexibility index (Phi) is 11.7. The first-order valence-corrected chi connectivity index (χ1v) is 15.3. The molecule has 0 aliphatic carbocycles. The van der Waals surface area contributed by atoms with Crippen LogP contribution in [0.5, 0.6) is 0 Å². The molecule has 1 amide bonds. The van der Waals surface area contributed by atoms with Crippen molar-refractivity contribution in [1.82, 2.24) is 10.3 Å². The maximum absolute atomic E-state index is 13.2. The fraction of sp³-hybridized carbons (Fsp3) is 0.355. The number of methoxy groups -OCH3 is 1. The van der Waals surface area contributed by atoms with Gasteiger partial charge in [0.25, 0.3) is 0 Å². The third-order valence-electron chi connectivity index (χ3n) is 6.78. The number of rotatable bonds is 15. The minimum absolute atomic E-state index is 0.153. The number of hydrogen-bond acceptors (Lipinski definition) is 8. The van der Waals surface area contributed by atoms with Gasteiger partial charge >= 0.3 is 5.97 Å². The number of nitrogens with two attached hydrogens (primary N) is 1. The van der Waals surface area contributed by atoms with Gasteiger partial charge < -0.3 is 15.8 Å². The Hall–Kier alpha value is -3.89. The zero-order chi connectivity index (χ0) is 29.8. The summed E-state index contributed by atoms with van der Waals surface area (Å²) in [7, 11) is -2.44. The third-order valence-corrected chi connectivity index (χ3v) is 8.46. The third kappa shape index (κ3) is 10.2. The number of nitrogens with zero attached hydrogens (tertiary/aromatic N) is 1. The minimum Gasteiger partial charge on any atom is -0.465 e. The monoisotopic (exact) mass is 579 g/mol. The van der Waals surface area contributed by atoms with Gasteiger partial charge in [0, 0.05) is 24.9 Å². The zero-order valence-electron chi connectivity index (χ0n) is 23.5. The fourth-order valence-electron chi connectivity index (χ4n) is 4.51. The highest BCUT2D eigenvalue weighted by atomic mass is 32.2. The second kappa shape index (κ2) is 15.2. The molecule has 0 saturated heterocycles. The molecule has 3 rings (SSSR count). The number of ketones is 1. The van der Waals surface area contributed by atoms with Crippen molar-refractivity contribution in [3.63, 3.8) is 0 Å². The molecule has 0 radical (unpaired) electrons. The second-order valence-electron chi connectivity index (χ2n) is 10.0. The fourth-order valence-corrected chi connectivity index (χ4v) is 6.26. The van der Waals surface area contributed by atoms with Crippen LogP contribution in [0.3, 0.4) is 0 Å². The first-order valence-electron chi connectivity index (χ1n) is 13.5. The number of carbonyl (C=O) groups excluding carboxylic acids is 3. The Morgan fingerprint density at radius 2 is 1.76 bits per heavy atom. The molecule has 0 aliphatic rings. The number of pyridine rings is 1. The summed E-state index contributed by atoms with van der Waals surface area (Å²) < 4.78 is 30.9. The molecule has 9 nitrogen and oxygen atoms in total. The quantitative estimate of drug-likeness (QED) is 0.261. The van der Waals surface area contributed by atoms with E-state index in [1.165, 1.54) is 19.2 Å². The molecule has 3 N–H and O–H groups in total. The maximum Gasteiger partial charge on any atom is 0.337 e. The number of aromatic nitrogens is 1. The summed E-state index contributed by atoms with van der Waals surface area (Å²) in [6.45, 7) is 2.17. The van der Waals surface area contributed by atoms with Gasteiger partial charge in [0.15, 0.2) is 15.6 Å². The summed E-state index contributed by atoms with van der Waals surface area (Å²) in [5.41, 5.74) is 10.4. The lowest BCUT2D eigenvalue weighted by Crippen LogP contribution is -2.38. The highest BCUT2D eigenvalue weighted by Gasteiger charge is 2.26. The number of sulfone groups is 1. The lowest BCUT2D eigenvalue weighted by molar-refractivity contribution is -0.127. The van der Waals surface area contributed by atoms with E-state index >= 15 is 0 Å². The van der Waals surface area contributed by atoms with Gasteiger partial charge in [0.1, 0.15) is 0 Å². The standard InChI is InChI=1S/C31H37N3O6S/c1-22-6-9-26(18-32)25(17-22)13-15-29(35)19-34-30(36)27(12-14-28-5-3-4-16-33-28)21-41(38,39)20-23-7-10-24(11-8-23)31(37)40-2/h3-11,16-17,27H,12-15,18-21,32H2,1-2H3,(H,34,36). The van der Waals surface area contributed by atoms with Crippen molar-refractivity contribution in [2.24, 2.45) is 11.7 Å². The van der Waals surface area contributed by atoms with Gasteiger partial charge in [-0.15, -0.1) is 0 Å². The molecule has 1 aromatic heterocycles. The number of hydrogen-bond donors (Lipinski definition) is 2. The van der Waals surface area contributed by atoms with Gasteiger partial charge in [-0.2, -0.15) is 0 Å². The van der Waals surface area contributed by atoms with Gasteiger partial charge in [-0.25, -0.2) is 13.2 Å². The first-order chi connectivity index (χ1) is 19.6. The molecule has 0 bridgehead atoms. The van der Waals surface area contributed by atoms with Gasteiger partial charge in [0.05, 0.1) is 36.6 Å². The Bertz CT molecular complexity index is 1440. The number of aryl methyl sites for hydroxylation is 3. The normalized spacial score (nSPS) is 12.0. The van der Waals surface area contributed by atoms with Crippen LogP contribution in [0, 0.1) is 12.8 Å². The van der Waals surface area contributed by atoms with Gasteiger partial charge in [0.2, 0.25) is 5.91 Å². The van der Waals surface area contributed by atoms with E-state index in [0.717, 1.165) is 22.4 Å². The number of Topliss-reactive ketones (excluding diaryl/α,β-unsaturated/α-hetero) is 1. The Morgan fingerprint density at radius 3 is 2.41 bits per heavy atom. The SMILES string of the molecule is COC(=O)c1ccc(CS(=O)(=O)CC(CCc2ccccn2)C(=O)NCC(=O)CCc2cc(C)ccc2CN)cc1. The van der Waals surface area contributed by atoms with E-state index in [-0.39, 0.29) is 36.7 Å². The molecular weight excluding hydrogens is 542 g/mol. The van der Waals surface area contributed by atoms with Gasteiger partial charge in [-0.1, -0.05) is 42.0 Å². The van der Waals surface area contributed by atoms with Crippen LogP contribution in [0.2, 0.25) is 0 Å². The highest BCUT2D eigenvalue weighted by molar-refractivity contribution is 7.90. The van der Waals surface area contributed by atoms with Crippen molar-refractivity contribution in [2.75, 3.05) is 19.4 Å². The molecule has 1 unspecified atom stereocenters. The van der Waals surface area contributed by atoms with Crippen LogP contribution in [-0.2, 0) is 49.3 Å². The number of nitrogens with one attached hydrogen (secondary N) is 1. The summed E-state index contributed by atoms with van der Waals surface area (Å²) in [4.78, 5) is 41.7. The molecule has 218 valence electrons. The van der Waals surface area contributed by atoms with Crippen LogP contribution >= 0.6 is 0 Å². The Labute approximate surface area is 241 Å². The maximum atomic E-state index is 13.2. The summed E-state index contributed by atoms with van der Waals surface area (Å²) >= 11 is 0. The Balaban J connectivity index is 1.63. The van der Waals surface area contributed by atoms with Crippen LogP contribution in [0.4, 0.5) is 0 Å². The average molecular weight is 580 g/mol. The highest BCUT2D eigenvalue weighted by Crippen LogP contribution is 2.17. The number of ether oxygens (including phenoxy) is 1. The molecule has 1 heterocycles. The van der Waals surface area contributed by atoms with E-state index in [0.29, 0.717) is 30.5 Å². The smallest absolute Gasteiger partial charge is 0.337 e. The van der Waals surface area contributed by atoms with E-state index in [9.17, 15) is 22.8 Å². The minimum atomic E-state index is -3.71. The van der Waals surface area contributed by atoms with Crippen LogP contribution in [0.1, 0.15) is 51.1 Å². The second-order valence-corrected chi connectivity index (χ2v) is 12.1. The van der Waals surface area contributed by atoms with Crippen molar-refractivity contribution in [3.8, 4) is 0 Å². The molecule has 0 aliphatic heterocycles. The lowest BCUT2D eigenvalue weighted by Gasteiger charge is -2.17. The molecule has 3 aromatic rings. The van der Waals surface area contributed by atoms with Crippen LogP contribution < -0.4 is 11.1 Å². The molecule has 0 spiro atoms. The number of carbonyl (C=O) groups is 3. The molecule has 2 aromatic carbocycles. The molecule has 10 heteroatoms. The number of esters is 1. The molecule has 1 atom stereocenters. The summed E-state index contributed by atoms with van der Waals surface area (Å²) in [5, 5.41) is 2.66. The average Bonchev–Trinajstić information content (AvgIpc) is 2.97. The molecule has 0 saturated carbocycles. The topological polar surface area (TPSA) is 146 Å². The van der Waals surface area contributed by atoms with Crippen molar-refractivity contribution < 1.29 is 27.5 Å². The first kappa shape index (κ1) is 31.6. The molecule has 0 fully saturated rings. The van der Waals surface area contributed by atoms with Crippen LogP contribution in [-0.4, -0.2) is 50.5 Å². The number of benzene rings is 2. The van der Waals surface area contributed by atoms with E-state index in [2.05, 4.69) is 15.0 Å². The van der Waals surface area contributed by atoms with Crippen LogP contribution in [0.25, 0.3) is 0 Å². The zero-order valence-corrected chi connectivity index (χ0v) is 24.3. The predicted molar refractivity (Wildman–Crippen MR) is 157 cm³/mol. The van der Waals surface area contributed by atoms with Gasteiger partial charge in [-0.05, 0) is 67.1 Å². The largest absolute Gasteiger partial charge is 0.465 e. The van der Waals surface area contributed by atoms with E-state index in [4.69, 9.17) is 5.73 Å². The predicted octanol–water partition coefficient (Wildman–Crippen LogP) is 3.12. The van der Waals surface area contributed by atoms with Crippen molar-refractivity contribution in [1.29, 1.82) is 0 Å². The van der Waals surface area contributed by atoms with Crippen molar-refractivity contribution in [3.05, 3.63) is 100 Å². The Morgan fingerprint density at radius 1 is 1.00 bits per heavy atom. The summed E-state index contributed by atoms with van der Waals surface area (Å²) in [6.07, 6.45) is 3.04. The van der Waals surface area contributed by atoms with Gasteiger partial charge in [-0.3, -0.25) is 14.6 Å². The van der Waals surface area contributed by atoms with E-state index in [1.807, 2.05) is 37.3 Å². The van der Waals surface area contributed by atoms with E-state index < -0.39 is 27.6 Å².